The van der Waals surface area contributed by atoms with Crippen molar-refractivity contribution in [1.29, 1.82) is 0 Å². The fourth-order valence-electron chi connectivity index (χ4n) is 4.00. The number of sulfonamides is 1. The highest BCUT2D eigenvalue weighted by atomic mass is 35.5. The summed E-state index contributed by atoms with van der Waals surface area (Å²) in [5, 5.41) is 3.57. The van der Waals surface area contributed by atoms with E-state index >= 15 is 0 Å². The highest BCUT2D eigenvalue weighted by Gasteiger charge is 2.33. The average molecular weight is 621 g/mol. The van der Waals surface area contributed by atoms with Crippen molar-refractivity contribution in [2.45, 2.75) is 45.2 Å². The summed E-state index contributed by atoms with van der Waals surface area (Å²) in [6, 6.07) is 16.8. The first-order valence-corrected chi connectivity index (χ1v) is 15.3. The van der Waals surface area contributed by atoms with Crippen LogP contribution < -0.4 is 14.4 Å². The lowest BCUT2D eigenvalue weighted by molar-refractivity contribution is -0.139. The summed E-state index contributed by atoms with van der Waals surface area (Å²) in [5.74, 6) is -0.355. The Labute approximate surface area is 252 Å². The summed E-state index contributed by atoms with van der Waals surface area (Å²) in [5.41, 5.74) is 1.79. The Hall–Kier alpha value is -3.27. The van der Waals surface area contributed by atoms with E-state index in [1.165, 1.54) is 42.3 Å². The molecule has 3 aromatic rings. The number of nitrogens with one attached hydrogen (secondary N) is 1. The molecule has 1 atom stereocenters. The van der Waals surface area contributed by atoms with Crippen molar-refractivity contribution in [2.75, 3.05) is 24.5 Å². The van der Waals surface area contributed by atoms with E-state index in [4.69, 9.17) is 27.9 Å². The third-order valence-corrected chi connectivity index (χ3v) is 8.76. The maximum Gasteiger partial charge on any atom is 0.264 e. The van der Waals surface area contributed by atoms with Crippen LogP contribution in [0, 0.1) is 12.8 Å². The molecular formula is C30H35Cl2N3O5S. The largest absolute Gasteiger partial charge is 0.495 e. The van der Waals surface area contributed by atoms with Gasteiger partial charge in [0, 0.05) is 18.1 Å². The monoisotopic (exact) mass is 619 g/mol. The number of carbonyl (C=O) groups is 2. The van der Waals surface area contributed by atoms with E-state index in [0.29, 0.717) is 17.3 Å². The number of aryl methyl sites for hydroxylation is 1. The number of methoxy groups -OCH3 is 1. The molecule has 3 aromatic carbocycles. The van der Waals surface area contributed by atoms with Crippen LogP contribution in [0.25, 0.3) is 0 Å². The van der Waals surface area contributed by atoms with E-state index in [9.17, 15) is 18.0 Å². The molecule has 220 valence electrons. The van der Waals surface area contributed by atoms with Crippen molar-refractivity contribution in [2.24, 2.45) is 5.92 Å². The molecule has 0 aliphatic heterocycles. The van der Waals surface area contributed by atoms with Gasteiger partial charge in [0.2, 0.25) is 11.8 Å². The number of halogens is 2. The molecule has 0 saturated heterocycles. The predicted molar refractivity (Wildman–Crippen MR) is 163 cm³/mol. The molecule has 0 radical (unpaired) electrons. The van der Waals surface area contributed by atoms with E-state index in [2.05, 4.69) is 5.32 Å². The zero-order valence-corrected chi connectivity index (χ0v) is 26.1. The third-order valence-electron chi connectivity index (χ3n) is 6.43. The number of carbonyl (C=O) groups excluding carboxylic acids is 2. The lowest BCUT2D eigenvalue weighted by atomic mass is 10.1. The quantitative estimate of drug-likeness (QED) is 0.281. The average Bonchev–Trinajstić information content (AvgIpc) is 2.93. The Morgan fingerprint density at radius 1 is 0.951 bits per heavy atom. The Bertz CT molecular complexity index is 1460. The summed E-state index contributed by atoms with van der Waals surface area (Å²) >= 11 is 12.4. The topological polar surface area (TPSA) is 96.0 Å². The summed E-state index contributed by atoms with van der Waals surface area (Å²) in [7, 11) is -2.76. The summed E-state index contributed by atoms with van der Waals surface area (Å²) < 4.78 is 34.1. The van der Waals surface area contributed by atoms with Crippen molar-refractivity contribution < 1.29 is 22.7 Å². The molecule has 3 rings (SSSR count). The van der Waals surface area contributed by atoms with Gasteiger partial charge < -0.3 is 15.0 Å². The van der Waals surface area contributed by atoms with Crippen LogP contribution in [0.2, 0.25) is 10.0 Å². The van der Waals surface area contributed by atoms with Gasteiger partial charge in [0.1, 0.15) is 18.3 Å². The minimum absolute atomic E-state index is 0.00909. The van der Waals surface area contributed by atoms with Gasteiger partial charge >= 0.3 is 0 Å². The first-order chi connectivity index (χ1) is 19.3. The molecule has 0 aromatic heterocycles. The fraction of sp³-hybridized carbons (Fsp3) is 0.333. The molecule has 1 N–H and O–H groups in total. The maximum absolute atomic E-state index is 14.0. The fourth-order valence-corrected chi connectivity index (χ4v) is 5.78. The van der Waals surface area contributed by atoms with Crippen LogP contribution >= 0.6 is 23.2 Å². The summed E-state index contributed by atoms with van der Waals surface area (Å²) in [6.45, 7) is 7.32. The number of ether oxygens (including phenoxy) is 1. The van der Waals surface area contributed by atoms with Crippen molar-refractivity contribution >= 4 is 50.7 Å². The van der Waals surface area contributed by atoms with Gasteiger partial charge in [-0.15, -0.1) is 0 Å². The molecule has 0 heterocycles. The second-order valence-electron chi connectivity index (χ2n) is 10.1. The van der Waals surface area contributed by atoms with Gasteiger partial charge in [-0.25, -0.2) is 8.42 Å². The zero-order chi connectivity index (χ0) is 30.3. The second kappa shape index (κ2) is 14.1. The molecule has 11 heteroatoms. The van der Waals surface area contributed by atoms with E-state index < -0.39 is 28.5 Å². The molecule has 8 nitrogen and oxygen atoms in total. The lowest BCUT2D eigenvalue weighted by Crippen LogP contribution is -2.51. The number of hydrogen-bond donors (Lipinski definition) is 1. The summed E-state index contributed by atoms with van der Waals surface area (Å²) in [6.07, 6.45) is 0. The molecule has 0 saturated carbocycles. The molecule has 0 bridgehead atoms. The van der Waals surface area contributed by atoms with Crippen LogP contribution in [0.15, 0.2) is 71.6 Å². The van der Waals surface area contributed by atoms with Gasteiger partial charge in [0.05, 0.1) is 22.7 Å². The predicted octanol–water partition coefficient (Wildman–Crippen LogP) is 5.70. The first-order valence-electron chi connectivity index (χ1n) is 13.1. The molecule has 0 aliphatic rings. The number of nitrogens with zero attached hydrogens (tertiary/aromatic N) is 2. The SMILES string of the molecule is COc1ccc(N(CC(=O)N(Cc2ccc(Cl)cc2)[C@H](C)C(=O)NCC(C)C)S(=O)(=O)c2ccc(C)cc2)cc1Cl. The third kappa shape index (κ3) is 8.38. The van der Waals surface area contributed by atoms with Gasteiger partial charge in [0.25, 0.3) is 10.0 Å². The molecule has 0 aliphatic carbocycles. The molecule has 0 unspecified atom stereocenters. The number of rotatable bonds is 12. The summed E-state index contributed by atoms with van der Waals surface area (Å²) in [4.78, 5) is 28.4. The Morgan fingerprint density at radius 2 is 1.59 bits per heavy atom. The Kier molecular flexibility index (Phi) is 11.1. The van der Waals surface area contributed by atoms with Crippen LogP contribution in [0.1, 0.15) is 31.9 Å². The van der Waals surface area contributed by atoms with Crippen LogP contribution in [0.3, 0.4) is 0 Å². The van der Waals surface area contributed by atoms with E-state index in [0.717, 1.165) is 15.4 Å². The second-order valence-corrected chi connectivity index (χ2v) is 12.8. The van der Waals surface area contributed by atoms with Crippen LogP contribution in [-0.4, -0.2) is 51.4 Å². The lowest BCUT2D eigenvalue weighted by Gasteiger charge is -2.32. The van der Waals surface area contributed by atoms with Gasteiger partial charge in [-0.1, -0.05) is 66.9 Å². The van der Waals surface area contributed by atoms with Crippen LogP contribution in [-0.2, 0) is 26.2 Å². The number of amides is 2. The molecular weight excluding hydrogens is 585 g/mol. The maximum atomic E-state index is 14.0. The van der Waals surface area contributed by atoms with E-state index in [-0.39, 0.29) is 34.0 Å². The molecule has 2 amide bonds. The van der Waals surface area contributed by atoms with Crippen molar-refractivity contribution in [1.82, 2.24) is 10.2 Å². The van der Waals surface area contributed by atoms with Crippen molar-refractivity contribution in [3.8, 4) is 5.75 Å². The van der Waals surface area contributed by atoms with Crippen LogP contribution in [0.4, 0.5) is 5.69 Å². The molecule has 41 heavy (non-hydrogen) atoms. The zero-order valence-electron chi connectivity index (χ0n) is 23.7. The molecule has 0 fully saturated rings. The van der Waals surface area contributed by atoms with Crippen molar-refractivity contribution in [3.63, 3.8) is 0 Å². The van der Waals surface area contributed by atoms with Gasteiger partial charge in [-0.2, -0.15) is 0 Å². The van der Waals surface area contributed by atoms with Crippen LogP contribution in [0.5, 0.6) is 5.75 Å². The number of hydrogen-bond acceptors (Lipinski definition) is 5. The minimum Gasteiger partial charge on any atom is -0.495 e. The minimum atomic E-state index is -4.21. The molecule has 0 spiro atoms. The van der Waals surface area contributed by atoms with Gasteiger partial charge in [0.15, 0.2) is 0 Å². The Balaban J connectivity index is 2.04. The van der Waals surface area contributed by atoms with Gasteiger partial charge in [-0.3, -0.25) is 13.9 Å². The normalized spacial score (nSPS) is 12.1. The number of benzene rings is 3. The highest BCUT2D eigenvalue weighted by Crippen LogP contribution is 2.32. The Morgan fingerprint density at radius 3 is 2.15 bits per heavy atom. The van der Waals surface area contributed by atoms with Gasteiger partial charge in [-0.05, 0) is 67.8 Å². The number of anilines is 1. The van der Waals surface area contributed by atoms with Crippen molar-refractivity contribution in [3.05, 3.63) is 87.9 Å². The smallest absolute Gasteiger partial charge is 0.264 e. The van der Waals surface area contributed by atoms with E-state index in [1.54, 1.807) is 43.3 Å². The first kappa shape index (κ1) is 32.2. The van der Waals surface area contributed by atoms with E-state index in [1.807, 2.05) is 20.8 Å². The standard InChI is InChI=1S/C30H35Cl2N3O5S/c1-20(2)17-33-30(37)22(4)34(18-23-8-10-24(31)11-9-23)29(36)19-35(25-12-15-28(40-5)27(32)16-25)41(38,39)26-13-6-21(3)7-14-26/h6-16,20,22H,17-19H2,1-5H3,(H,33,37)/t22-/m1/s1. The highest BCUT2D eigenvalue weighted by molar-refractivity contribution is 7.92.